The van der Waals surface area contributed by atoms with Crippen LogP contribution in [0.25, 0.3) is 0 Å². The molecule has 4 saturated carbocycles. The van der Waals surface area contributed by atoms with Gasteiger partial charge >= 0.3 is 5.97 Å². The number of carbonyl (C=O) groups is 2. The summed E-state index contributed by atoms with van der Waals surface area (Å²) in [5, 5.41) is 15.1. The van der Waals surface area contributed by atoms with Crippen LogP contribution >= 0.6 is 11.3 Å². The van der Waals surface area contributed by atoms with Crippen LogP contribution in [0.4, 0.5) is 0 Å². The highest BCUT2D eigenvalue weighted by atomic mass is 32.1. The summed E-state index contributed by atoms with van der Waals surface area (Å²) >= 11 is 1.54. The molecule has 6 rings (SSSR count). The van der Waals surface area contributed by atoms with Gasteiger partial charge in [0.1, 0.15) is 12.4 Å². The summed E-state index contributed by atoms with van der Waals surface area (Å²) in [6, 6.07) is 7.79. The van der Waals surface area contributed by atoms with E-state index in [-0.39, 0.29) is 23.8 Å². The lowest BCUT2D eigenvalue weighted by Crippen LogP contribution is -2.62. The van der Waals surface area contributed by atoms with Gasteiger partial charge in [0.2, 0.25) is 5.91 Å². The molecule has 0 spiro atoms. The Kier molecular flexibility index (Phi) is 5.27. The molecule has 2 unspecified atom stereocenters. The molecule has 32 heavy (non-hydrogen) atoms. The normalized spacial score (nSPS) is 30.8. The maximum atomic E-state index is 13.4. The second-order valence-electron chi connectivity index (χ2n) is 10.5. The number of carbonyl (C=O) groups excluding carboxylic acids is 1. The Balaban J connectivity index is 1.25. The topological polar surface area (TPSA) is 88.5 Å². The van der Waals surface area contributed by atoms with Gasteiger partial charge in [-0.1, -0.05) is 12.1 Å². The third-order valence-corrected chi connectivity index (χ3v) is 8.67. The van der Waals surface area contributed by atoms with E-state index in [0.717, 1.165) is 36.3 Å². The van der Waals surface area contributed by atoms with Gasteiger partial charge in [0.25, 0.3) is 0 Å². The second-order valence-corrected chi connectivity index (χ2v) is 11.2. The molecule has 4 bridgehead atoms. The van der Waals surface area contributed by atoms with E-state index in [1.807, 2.05) is 43.5 Å². The van der Waals surface area contributed by atoms with E-state index in [1.165, 1.54) is 0 Å². The first-order valence-corrected chi connectivity index (χ1v) is 12.4. The van der Waals surface area contributed by atoms with Gasteiger partial charge in [-0.15, -0.1) is 11.3 Å². The molecule has 1 aromatic carbocycles. The first kappa shape index (κ1) is 21.4. The highest BCUT2D eigenvalue weighted by Gasteiger charge is 2.59. The fourth-order valence-corrected chi connectivity index (χ4v) is 6.96. The molecule has 1 aromatic heterocycles. The predicted octanol–water partition coefficient (Wildman–Crippen LogP) is 4.40. The Morgan fingerprint density at radius 1 is 1.19 bits per heavy atom. The van der Waals surface area contributed by atoms with Crippen LogP contribution in [0.3, 0.4) is 0 Å². The van der Waals surface area contributed by atoms with Crippen molar-refractivity contribution in [2.75, 3.05) is 0 Å². The van der Waals surface area contributed by atoms with E-state index in [2.05, 4.69) is 10.3 Å². The number of hydrogen-bond acceptors (Lipinski definition) is 5. The van der Waals surface area contributed by atoms with E-state index in [4.69, 9.17) is 4.74 Å². The van der Waals surface area contributed by atoms with E-state index in [1.54, 1.807) is 16.8 Å². The zero-order valence-corrected chi connectivity index (χ0v) is 19.4. The Morgan fingerprint density at radius 3 is 2.47 bits per heavy atom. The van der Waals surface area contributed by atoms with Crippen molar-refractivity contribution in [3.63, 3.8) is 0 Å². The van der Waals surface area contributed by atoms with E-state index in [9.17, 15) is 14.7 Å². The number of carboxylic acids is 1. The first-order chi connectivity index (χ1) is 15.3. The third-order valence-electron chi connectivity index (χ3n) is 8.04. The van der Waals surface area contributed by atoms with Crippen LogP contribution in [0.15, 0.2) is 35.2 Å². The van der Waals surface area contributed by atoms with Gasteiger partial charge in [-0.05, 0) is 81.4 Å². The standard InChI is InChI=1S/C25H30N2O4S/c1-24(2,18-3-5-20(6-4-18)31-12-19-13-32-14-26-19)22(28)27-21-16-7-15-8-17(21)11-25(9-15,10-16)23(29)30/h3-6,13-17,21H,7-12H2,1-2H3,(H,27,28)(H,29,30). The number of amides is 1. The van der Waals surface area contributed by atoms with Crippen LogP contribution in [0, 0.1) is 23.2 Å². The Hall–Kier alpha value is -2.41. The molecule has 0 radical (unpaired) electrons. The summed E-state index contributed by atoms with van der Waals surface area (Å²) in [5.74, 6) is 1.17. The summed E-state index contributed by atoms with van der Waals surface area (Å²) in [4.78, 5) is 29.6. The number of nitrogens with one attached hydrogen (secondary N) is 1. The van der Waals surface area contributed by atoms with Gasteiger partial charge in [-0.2, -0.15) is 0 Å². The number of aliphatic carboxylic acids is 1. The lowest BCUT2D eigenvalue weighted by molar-refractivity contribution is -0.168. The highest BCUT2D eigenvalue weighted by molar-refractivity contribution is 7.07. The van der Waals surface area contributed by atoms with Crippen molar-refractivity contribution in [1.29, 1.82) is 0 Å². The van der Waals surface area contributed by atoms with Crippen molar-refractivity contribution in [3.05, 3.63) is 46.4 Å². The minimum Gasteiger partial charge on any atom is -0.487 e. The zero-order chi connectivity index (χ0) is 22.5. The predicted molar refractivity (Wildman–Crippen MR) is 121 cm³/mol. The molecule has 4 fully saturated rings. The highest BCUT2D eigenvalue weighted by Crippen LogP contribution is 2.60. The van der Waals surface area contributed by atoms with Gasteiger partial charge in [0.15, 0.2) is 0 Å². The number of nitrogens with zero attached hydrogens (tertiary/aromatic N) is 1. The fourth-order valence-electron chi connectivity index (χ4n) is 6.42. The SMILES string of the molecule is CC(C)(C(=O)NC1C2CC3CC1CC(C(=O)O)(C3)C2)c1ccc(OCc2cscn2)cc1. The Morgan fingerprint density at radius 2 is 1.88 bits per heavy atom. The molecule has 170 valence electrons. The summed E-state index contributed by atoms with van der Waals surface area (Å²) in [5.41, 5.74) is 2.38. The molecule has 2 N–H and O–H groups in total. The molecular weight excluding hydrogens is 424 g/mol. The molecule has 4 aliphatic carbocycles. The van der Waals surface area contributed by atoms with Crippen molar-refractivity contribution in [1.82, 2.24) is 10.3 Å². The lowest BCUT2D eigenvalue weighted by atomic mass is 9.48. The Bertz CT molecular complexity index is 985. The average Bonchev–Trinajstić information content (AvgIpc) is 3.28. The fraction of sp³-hybridized carbons (Fsp3) is 0.560. The molecular formula is C25H30N2O4S. The number of thiazole rings is 1. The van der Waals surface area contributed by atoms with Crippen molar-refractivity contribution < 1.29 is 19.4 Å². The van der Waals surface area contributed by atoms with Crippen molar-refractivity contribution in [2.45, 2.75) is 64.0 Å². The van der Waals surface area contributed by atoms with Crippen molar-refractivity contribution >= 4 is 23.2 Å². The Labute approximate surface area is 192 Å². The van der Waals surface area contributed by atoms with Crippen molar-refractivity contribution in [2.24, 2.45) is 23.2 Å². The molecule has 1 amide bonds. The average molecular weight is 455 g/mol. The van der Waals surface area contributed by atoms with E-state index in [0.29, 0.717) is 25.4 Å². The summed E-state index contributed by atoms with van der Waals surface area (Å²) < 4.78 is 5.79. The van der Waals surface area contributed by atoms with Crippen molar-refractivity contribution in [3.8, 4) is 5.75 Å². The van der Waals surface area contributed by atoms with Gasteiger partial charge in [-0.3, -0.25) is 9.59 Å². The van der Waals surface area contributed by atoms with Crippen LogP contribution in [0.5, 0.6) is 5.75 Å². The minimum absolute atomic E-state index is 0.00971. The maximum Gasteiger partial charge on any atom is 0.309 e. The molecule has 2 aromatic rings. The third kappa shape index (κ3) is 3.70. The lowest BCUT2D eigenvalue weighted by Gasteiger charge is -2.58. The summed E-state index contributed by atoms with van der Waals surface area (Å²) in [6.45, 7) is 4.32. The van der Waals surface area contributed by atoms with Gasteiger partial charge < -0.3 is 15.2 Å². The van der Waals surface area contributed by atoms with E-state index >= 15 is 0 Å². The van der Waals surface area contributed by atoms with E-state index < -0.39 is 16.8 Å². The van der Waals surface area contributed by atoms with Crippen LogP contribution in [-0.4, -0.2) is 28.0 Å². The number of aromatic nitrogens is 1. The molecule has 0 aliphatic heterocycles. The number of rotatable bonds is 7. The maximum absolute atomic E-state index is 13.4. The molecule has 7 heteroatoms. The van der Waals surface area contributed by atoms with Gasteiger partial charge in [0.05, 0.1) is 22.0 Å². The smallest absolute Gasteiger partial charge is 0.309 e. The zero-order valence-electron chi connectivity index (χ0n) is 18.5. The molecule has 0 saturated heterocycles. The number of benzene rings is 1. The molecule has 2 atom stereocenters. The van der Waals surface area contributed by atoms with Gasteiger partial charge in [-0.25, -0.2) is 4.98 Å². The number of hydrogen-bond donors (Lipinski definition) is 2. The monoisotopic (exact) mass is 454 g/mol. The summed E-state index contributed by atoms with van der Waals surface area (Å²) in [6.07, 6.45) is 4.31. The second kappa shape index (κ2) is 7.87. The summed E-state index contributed by atoms with van der Waals surface area (Å²) in [7, 11) is 0. The number of carboxylic acid groups (broad SMARTS) is 1. The molecule has 1 heterocycles. The number of ether oxygens (including phenoxy) is 1. The van der Waals surface area contributed by atoms with Crippen LogP contribution < -0.4 is 10.1 Å². The minimum atomic E-state index is -0.688. The van der Waals surface area contributed by atoms with Crippen LogP contribution in [-0.2, 0) is 21.6 Å². The van der Waals surface area contributed by atoms with Crippen LogP contribution in [0.2, 0.25) is 0 Å². The largest absolute Gasteiger partial charge is 0.487 e. The first-order valence-electron chi connectivity index (χ1n) is 11.4. The quantitative estimate of drug-likeness (QED) is 0.648. The van der Waals surface area contributed by atoms with Gasteiger partial charge in [0, 0.05) is 11.4 Å². The molecule has 4 aliphatic rings. The van der Waals surface area contributed by atoms with Crippen LogP contribution in [0.1, 0.15) is 57.2 Å². The molecule has 6 nitrogen and oxygen atoms in total.